The molecule has 2 bridgehead atoms. The van der Waals surface area contributed by atoms with E-state index in [0.717, 1.165) is 0 Å². The Kier molecular flexibility index (Phi) is 3.46. The van der Waals surface area contributed by atoms with E-state index in [0.29, 0.717) is 18.4 Å². The van der Waals surface area contributed by atoms with Crippen LogP contribution in [0.2, 0.25) is 0 Å². The number of carbonyl (C=O) groups is 1. The lowest BCUT2D eigenvalue weighted by Crippen LogP contribution is -2.50. The van der Waals surface area contributed by atoms with Crippen molar-refractivity contribution in [3.05, 3.63) is 35.9 Å². The van der Waals surface area contributed by atoms with Gasteiger partial charge in [-0.2, -0.15) is 0 Å². The van der Waals surface area contributed by atoms with E-state index in [9.17, 15) is 15.0 Å². The summed E-state index contributed by atoms with van der Waals surface area (Å²) in [5, 5.41) is 20.2. The maximum Gasteiger partial charge on any atom is 0.345 e. The highest BCUT2D eigenvalue weighted by Gasteiger charge is 2.63. The number of carbonyl (C=O) groups excluding carboxylic acids is 1. The fourth-order valence-corrected chi connectivity index (χ4v) is 4.03. The van der Waals surface area contributed by atoms with E-state index in [4.69, 9.17) is 9.47 Å². The van der Waals surface area contributed by atoms with E-state index in [1.165, 1.54) is 0 Å². The number of aliphatic hydroxyl groups excluding tert-OH is 1. The van der Waals surface area contributed by atoms with Gasteiger partial charge < -0.3 is 19.7 Å². The first kappa shape index (κ1) is 15.1. The SMILES string of the molecule is CN1[C@@H]2CC(OC(=O)C(O)(CO)c3ccccc3)C[C@H]1[C@H]1O[C@@H]12. The molecule has 3 saturated heterocycles. The van der Waals surface area contributed by atoms with Crippen molar-refractivity contribution in [3.63, 3.8) is 0 Å². The molecule has 3 fully saturated rings. The third kappa shape index (κ3) is 2.29. The molecule has 6 nitrogen and oxygen atoms in total. The summed E-state index contributed by atoms with van der Waals surface area (Å²) in [4.78, 5) is 14.8. The van der Waals surface area contributed by atoms with Gasteiger partial charge in [0.25, 0.3) is 0 Å². The van der Waals surface area contributed by atoms with Crippen LogP contribution in [0.25, 0.3) is 0 Å². The van der Waals surface area contributed by atoms with Crippen LogP contribution < -0.4 is 0 Å². The number of esters is 1. The van der Waals surface area contributed by atoms with Crippen molar-refractivity contribution in [2.45, 2.75) is 48.8 Å². The molecule has 3 aliphatic rings. The Bertz CT molecular complexity index is 590. The van der Waals surface area contributed by atoms with Crippen LogP contribution in [-0.4, -0.2) is 65.1 Å². The van der Waals surface area contributed by atoms with Crippen LogP contribution in [0.15, 0.2) is 30.3 Å². The Morgan fingerprint density at radius 1 is 1.30 bits per heavy atom. The van der Waals surface area contributed by atoms with E-state index >= 15 is 0 Å². The van der Waals surface area contributed by atoms with Crippen LogP contribution >= 0.6 is 0 Å². The first-order valence-electron chi connectivity index (χ1n) is 8.02. The van der Waals surface area contributed by atoms with Crippen LogP contribution in [0.3, 0.4) is 0 Å². The number of hydrogen-bond acceptors (Lipinski definition) is 6. The molecule has 3 heterocycles. The molecular weight excluding hydrogens is 298 g/mol. The first-order chi connectivity index (χ1) is 11.0. The van der Waals surface area contributed by atoms with Crippen molar-refractivity contribution in [3.8, 4) is 0 Å². The molecular formula is C17H21NO5. The minimum Gasteiger partial charge on any atom is -0.460 e. The second-order valence-corrected chi connectivity index (χ2v) is 6.75. The largest absolute Gasteiger partial charge is 0.460 e. The Morgan fingerprint density at radius 3 is 2.48 bits per heavy atom. The molecule has 2 N–H and O–H groups in total. The van der Waals surface area contributed by atoms with E-state index in [1.807, 2.05) is 0 Å². The predicted octanol–water partition coefficient (Wildman–Crippen LogP) is 0.0221. The molecule has 124 valence electrons. The average Bonchev–Trinajstić information content (AvgIpc) is 3.33. The zero-order valence-electron chi connectivity index (χ0n) is 13.0. The van der Waals surface area contributed by atoms with E-state index < -0.39 is 18.2 Å². The second-order valence-electron chi connectivity index (χ2n) is 6.75. The number of benzene rings is 1. The zero-order chi connectivity index (χ0) is 16.2. The predicted molar refractivity (Wildman–Crippen MR) is 80.5 cm³/mol. The number of nitrogens with zero attached hydrogens (tertiary/aromatic N) is 1. The molecule has 4 rings (SSSR count). The summed E-state index contributed by atoms with van der Waals surface area (Å²) in [6.07, 6.45) is 1.69. The lowest BCUT2D eigenvalue weighted by atomic mass is 9.94. The Balaban J connectivity index is 1.47. The molecule has 6 heteroatoms. The molecule has 2 unspecified atom stereocenters. The number of rotatable bonds is 4. The summed E-state index contributed by atoms with van der Waals surface area (Å²) in [7, 11) is 2.08. The number of fused-ring (bicyclic) bond motifs is 5. The van der Waals surface area contributed by atoms with Crippen LogP contribution in [0.1, 0.15) is 18.4 Å². The highest BCUT2D eigenvalue weighted by atomic mass is 16.6. The highest BCUT2D eigenvalue weighted by molar-refractivity contribution is 5.81. The normalized spacial score (nSPS) is 37.8. The quantitative estimate of drug-likeness (QED) is 0.601. The van der Waals surface area contributed by atoms with Crippen LogP contribution in [-0.2, 0) is 19.9 Å². The van der Waals surface area contributed by atoms with Gasteiger partial charge in [0.1, 0.15) is 18.3 Å². The minimum absolute atomic E-state index is 0.244. The number of morpholine rings is 1. The third-order valence-electron chi connectivity index (χ3n) is 5.47. The molecule has 3 aliphatic heterocycles. The van der Waals surface area contributed by atoms with Gasteiger partial charge in [0.2, 0.25) is 5.60 Å². The Hall–Kier alpha value is -1.47. The van der Waals surface area contributed by atoms with Gasteiger partial charge in [0.15, 0.2) is 0 Å². The van der Waals surface area contributed by atoms with E-state index in [-0.39, 0.29) is 30.4 Å². The summed E-state index contributed by atoms with van der Waals surface area (Å²) in [6, 6.07) is 8.98. The summed E-state index contributed by atoms with van der Waals surface area (Å²) in [5.74, 6) is -0.783. The van der Waals surface area contributed by atoms with Crippen molar-refractivity contribution in [2.75, 3.05) is 13.7 Å². The van der Waals surface area contributed by atoms with Gasteiger partial charge in [-0.25, -0.2) is 4.79 Å². The standard InChI is InChI=1S/C17H21NO5/c1-18-12-7-11(8-13(18)15-14(12)23-15)22-16(20)17(21,9-19)10-5-3-2-4-6-10/h2-6,11-15,19,21H,7-9H2,1H3/t11?,12-,13+,14-,15-,17?/m1/s1. The van der Waals surface area contributed by atoms with Crippen molar-refractivity contribution in [1.29, 1.82) is 0 Å². The van der Waals surface area contributed by atoms with Gasteiger partial charge in [-0.3, -0.25) is 4.90 Å². The number of likely N-dealkylation sites (N-methyl/N-ethyl adjacent to an activating group) is 1. The van der Waals surface area contributed by atoms with Gasteiger partial charge in [-0.15, -0.1) is 0 Å². The second kappa shape index (κ2) is 5.27. The summed E-state index contributed by atoms with van der Waals surface area (Å²) in [5.41, 5.74) is -1.67. The maximum atomic E-state index is 12.5. The van der Waals surface area contributed by atoms with Gasteiger partial charge in [-0.1, -0.05) is 30.3 Å². The van der Waals surface area contributed by atoms with E-state index in [2.05, 4.69) is 11.9 Å². The monoisotopic (exact) mass is 319 g/mol. The summed E-state index contributed by atoms with van der Waals surface area (Å²) in [6.45, 7) is -0.705. The molecule has 0 saturated carbocycles. The number of hydrogen-bond donors (Lipinski definition) is 2. The van der Waals surface area contributed by atoms with Crippen LogP contribution in [0.4, 0.5) is 0 Å². The summed E-state index contributed by atoms with van der Waals surface area (Å²) >= 11 is 0. The van der Waals surface area contributed by atoms with Crippen molar-refractivity contribution in [1.82, 2.24) is 4.90 Å². The molecule has 1 aromatic rings. The minimum atomic E-state index is -2.01. The smallest absolute Gasteiger partial charge is 0.345 e. The molecule has 0 amide bonds. The highest BCUT2D eigenvalue weighted by Crippen LogP contribution is 2.48. The van der Waals surface area contributed by atoms with Crippen molar-refractivity contribution < 1.29 is 24.5 Å². The Morgan fingerprint density at radius 2 is 1.91 bits per heavy atom. The van der Waals surface area contributed by atoms with Crippen LogP contribution in [0, 0.1) is 0 Å². The molecule has 0 radical (unpaired) electrons. The zero-order valence-corrected chi connectivity index (χ0v) is 13.0. The fourth-order valence-electron chi connectivity index (χ4n) is 4.03. The first-order valence-corrected chi connectivity index (χ1v) is 8.02. The molecule has 1 aromatic carbocycles. The lowest BCUT2D eigenvalue weighted by molar-refractivity contribution is -0.181. The van der Waals surface area contributed by atoms with Gasteiger partial charge in [0.05, 0.1) is 6.61 Å². The van der Waals surface area contributed by atoms with Crippen molar-refractivity contribution in [2.24, 2.45) is 0 Å². The topological polar surface area (TPSA) is 82.5 Å². The molecule has 23 heavy (non-hydrogen) atoms. The third-order valence-corrected chi connectivity index (χ3v) is 5.47. The molecule has 0 spiro atoms. The number of aliphatic hydroxyl groups is 2. The van der Waals surface area contributed by atoms with Crippen LogP contribution in [0.5, 0.6) is 0 Å². The molecule has 6 atom stereocenters. The molecule has 0 aliphatic carbocycles. The van der Waals surface area contributed by atoms with E-state index in [1.54, 1.807) is 30.3 Å². The summed E-state index contributed by atoms with van der Waals surface area (Å²) < 4.78 is 11.2. The number of ether oxygens (including phenoxy) is 2. The average molecular weight is 319 g/mol. The van der Waals surface area contributed by atoms with Gasteiger partial charge in [0, 0.05) is 24.9 Å². The van der Waals surface area contributed by atoms with Gasteiger partial charge in [-0.05, 0) is 12.6 Å². The maximum absolute atomic E-state index is 12.5. The lowest BCUT2D eigenvalue weighted by Gasteiger charge is -2.38. The van der Waals surface area contributed by atoms with Crippen molar-refractivity contribution >= 4 is 5.97 Å². The number of epoxide rings is 1. The van der Waals surface area contributed by atoms with Gasteiger partial charge >= 0.3 is 5.97 Å². The fraction of sp³-hybridized carbons (Fsp3) is 0.588. The Labute approximate surface area is 134 Å². The molecule has 0 aromatic heterocycles. The number of piperidine rings is 1.